The van der Waals surface area contributed by atoms with Crippen LogP contribution in [-0.4, -0.2) is 25.7 Å². The number of halogens is 1. The normalized spacial score (nSPS) is 12.1. The van der Waals surface area contributed by atoms with Crippen LogP contribution < -0.4 is 10.9 Å². The lowest BCUT2D eigenvalue weighted by atomic mass is 10.2. The van der Waals surface area contributed by atoms with E-state index >= 15 is 0 Å². The molecule has 2 heterocycles. The van der Waals surface area contributed by atoms with Crippen LogP contribution in [0.25, 0.3) is 10.9 Å². The summed E-state index contributed by atoms with van der Waals surface area (Å²) in [4.78, 5) is 34.2. The highest BCUT2D eigenvalue weighted by molar-refractivity contribution is 8.00. The number of para-hydroxylation sites is 1. The van der Waals surface area contributed by atoms with Gasteiger partial charge in [0.2, 0.25) is 5.91 Å². The number of nitrogens with one attached hydrogen (secondary N) is 1. The number of carbonyl (C=O) groups is 1. The van der Waals surface area contributed by atoms with E-state index in [1.807, 2.05) is 18.2 Å². The van der Waals surface area contributed by atoms with Gasteiger partial charge in [-0.25, -0.2) is 9.97 Å². The summed E-state index contributed by atoms with van der Waals surface area (Å²) in [5, 5.41) is 3.93. The molecular weight excluding hydrogens is 396 g/mol. The average molecular weight is 417 g/mol. The molecule has 1 N–H and O–H groups in total. The average Bonchev–Trinajstić information content (AvgIpc) is 2.69. The first-order valence-electron chi connectivity index (χ1n) is 9.08. The topological polar surface area (TPSA) is 76.9 Å². The van der Waals surface area contributed by atoms with Crippen molar-refractivity contribution in [3.63, 3.8) is 0 Å². The summed E-state index contributed by atoms with van der Waals surface area (Å²) in [6.45, 7) is 4.42. The standard InChI is InChI=1S/C20H21ClN4O2S/c1-3-4-11-25-19(27)15-7-5-6-8-16(15)23-20(25)28-13(2)18(26)24-17-10-9-14(21)12-22-17/h5-10,12-13H,3-4,11H2,1-2H3,(H,22,24,26). The van der Waals surface area contributed by atoms with Gasteiger partial charge in [-0.15, -0.1) is 0 Å². The molecule has 0 spiro atoms. The number of nitrogens with zero attached hydrogens (tertiary/aromatic N) is 3. The second-order valence-electron chi connectivity index (χ2n) is 6.33. The van der Waals surface area contributed by atoms with Crippen LogP contribution in [0, 0.1) is 0 Å². The fourth-order valence-corrected chi connectivity index (χ4v) is 3.69. The first kappa shape index (κ1) is 20.4. The van der Waals surface area contributed by atoms with Crippen LogP contribution in [0.3, 0.4) is 0 Å². The summed E-state index contributed by atoms with van der Waals surface area (Å²) >= 11 is 7.09. The van der Waals surface area contributed by atoms with Crippen molar-refractivity contribution in [2.24, 2.45) is 0 Å². The van der Waals surface area contributed by atoms with Gasteiger partial charge in [0.05, 0.1) is 21.2 Å². The minimum absolute atomic E-state index is 0.0754. The van der Waals surface area contributed by atoms with E-state index in [-0.39, 0.29) is 11.5 Å². The minimum atomic E-state index is -0.460. The Labute approximate surface area is 172 Å². The zero-order valence-corrected chi connectivity index (χ0v) is 17.3. The third-order valence-corrected chi connectivity index (χ3v) is 5.51. The van der Waals surface area contributed by atoms with Crippen LogP contribution in [0.15, 0.2) is 52.5 Å². The van der Waals surface area contributed by atoms with Crippen molar-refractivity contribution in [2.75, 3.05) is 5.32 Å². The molecule has 0 saturated carbocycles. The van der Waals surface area contributed by atoms with Gasteiger partial charge in [-0.2, -0.15) is 0 Å². The number of fused-ring (bicyclic) bond motifs is 1. The van der Waals surface area contributed by atoms with E-state index in [0.717, 1.165) is 12.8 Å². The van der Waals surface area contributed by atoms with Gasteiger partial charge < -0.3 is 5.32 Å². The maximum absolute atomic E-state index is 12.9. The number of amides is 1. The number of hydrogen-bond donors (Lipinski definition) is 1. The number of carbonyl (C=O) groups excluding carboxylic acids is 1. The summed E-state index contributed by atoms with van der Waals surface area (Å²) in [7, 11) is 0. The Balaban J connectivity index is 1.86. The molecule has 0 saturated heterocycles. The highest BCUT2D eigenvalue weighted by Gasteiger charge is 2.19. The van der Waals surface area contributed by atoms with Gasteiger partial charge in [0.25, 0.3) is 5.56 Å². The number of hydrogen-bond acceptors (Lipinski definition) is 5. The lowest BCUT2D eigenvalue weighted by Crippen LogP contribution is -2.27. The first-order chi connectivity index (χ1) is 13.5. The van der Waals surface area contributed by atoms with Crippen molar-refractivity contribution >= 4 is 46.0 Å². The minimum Gasteiger partial charge on any atom is -0.310 e. The molecule has 6 nitrogen and oxygen atoms in total. The lowest BCUT2D eigenvalue weighted by molar-refractivity contribution is -0.115. The fraction of sp³-hybridized carbons (Fsp3) is 0.300. The van der Waals surface area contributed by atoms with E-state index < -0.39 is 5.25 Å². The number of anilines is 1. The van der Waals surface area contributed by atoms with E-state index in [9.17, 15) is 9.59 Å². The van der Waals surface area contributed by atoms with Crippen LogP contribution in [0.2, 0.25) is 5.02 Å². The molecule has 28 heavy (non-hydrogen) atoms. The number of rotatable bonds is 7. The van der Waals surface area contributed by atoms with E-state index in [0.29, 0.717) is 33.4 Å². The molecule has 146 valence electrons. The van der Waals surface area contributed by atoms with E-state index in [1.54, 1.807) is 29.7 Å². The molecule has 1 unspecified atom stereocenters. The number of benzene rings is 1. The molecule has 0 radical (unpaired) electrons. The Kier molecular flexibility index (Phi) is 6.70. The van der Waals surface area contributed by atoms with Crippen molar-refractivity contribution in [1.29, 1.82) is 0 Å². The molecule has 0 bridgehead atoms. The van der Waals surface area contributed by atoms with Crippen LogP contribution in [0.4, 0.5) is 5.82 Å². The Bertz CT molecular complexity index is 1040. The van der Waals surface area contributed by atoms with Crippen molar-refractivity contribution < 1.29 is 4.79 Å². The summed E-state index contributed by atoms with van der Waals surface area (Å²) in [6.07, 6.45) is 3.30. The molecule has 0 aliphatic heterocycles. The predicted octanol–water partition coefficient (Wildman–Crippen LogP) is 4.36. The molecule has 0 fully saturated rings. The summed E-state index contributed by atoms with van der Waals surface area (Å²) < 4.78 is 1.67. The number of aromatic nitrogens is 3. The van der Waals surface area contributed by atoms with Gasteiger partial charge in [0, 0.05) is 12.7 Å². The predicted molar refractivity (Wildman–Crippen MR) is 114 cm³/mol. The maximum atomic E-state index is 12.9. The van der Waals surface area contributed by atoms with Gasteiger partial charge >= 0.3 is 0 Å². The quantitative estimate of drug-likeness (QED) is 0.457. The Morgan fingerprint density at radius 3 is 2.79 bits per heavy atom. The third kappa shape index (κ3) is 4.72. The Morgan fingerprint density at radius 1 is 1.29 bits per heavy atom. The third-order valence-electron chi connectivity index (χ3n) is 4.19. The van der Waals surface area contributed by atoms with Crippen molar-refractivity contribution in [3.8, 4) is 0 Å². The van der Waals surface area contributed by atoms with Crippen LogP contribution >= 0.6 is 23.4 Å². The fourth-order valence-electron chi connectivity index (χ4n) is 2.64. The van der Waals surface area contributed by atoms with Crippen molar-refractivity contribution in [3.05, 3.63) is 58.0 Å². The second-order valence-corrected chi connectivity index (χ2v) is 8.08. The summed E-state index contributed by atoms with van der Waals surface area (Å²) in [6, 6.07) is 10.6. The largest absolute Gasteiger partial charge is 0.310 e. The highest BCUT2D eigenvalue weighted by Crippen LogP contribution is 2.24. The highest BCUT2D eigenvalue weighted by atomic mass is 35.5. The van der Waals surface area contributed by atoms with E-state index in [2.05, 4.69) is 22.2 Å². The van der Waals surface area contributed by atoms with Crippen LogP contribution in [-0.2, 0) is 11.3 Å². The SMILES string of the molecule is CCCCn1c(SC(C)C(=O)Nc2ccc(Cl)cn2)nc2ccccc2c1=O. The van der Waals surface area contributed by atoms with Gasteiger partial charge in [-0.1, -0.05) is 48.8 Å². The van der Waals surface area contributed by atoms with E-state index in [1.165, 1.54) is 18.0 Å². The molecule has 0 aliphatic carbocycles. The van der Waals surface area contributed by atoms with Gasteiger partial charge in [-0.05, 0) is 37.6 Å². The molecule has 3 aromatic rings. The smallest absolute Gasteiger partial charge is 0.262 e. The van der Waals surface area contributed by atoms with Gasteiger partial charge in [0.15, 0.2) is 5.16 Å². The molecule has 1 amide bonds. The van der Waals surface area contributed by atoms with Gasteiger partial charge in [-0.3, -0.25) is 14.2 Å². The lowest BCUT2D eigenvalue weighted by Gasteiger charge is -2.16. The zero-order valence-electron chi connectivity index (χ0n) is 15.7. The summed E-state index contributed by atoms with van der Waals surface area (Å²) in [5.41, 5.74) is 0.559. The number of thioether (sulfide) groups is 1. The molecule has 2 aromatic heterocycles. The maximum Gasteiger partial charge on any atom is 0.262 e. The van der Waals surface area contributed by atoms with Crippen LogP contribution in [0.5, 0.6) is 0 Å². The molecule has 0 aliphatic rings. The van der Waals surface area contributed by atoms with Crippen LogP contribution in [0.1, 0.15) is 26.7 Å². The second kappa shape index (κ2) is 9.21. The summed E-state index contributed by atoms with van der Waals surface area (Å²) in [5.74, 6) is 0.209. The zero-order chi connectivity index (χ0) is 20.1. The molecule has 1 atom stereocenters. The number of unbranched alkanes of at least 4 members (excludes halogenated alkanes) is 1. The van der Waals surface area contributed by atoms with Crippen molar-refractivity contribution in [1.82, 2.24) is 14.5 Å². The number of pyridine rings is 1. The molecule has 3 rings (SSSR count). The Morgan fingerprint density at radius 2 is 2.07 bits per heavy atom. The monoisotopic (exact) mass is 416 g/mol. The van der Waals surface area contributed by atoms with Crippen molar-refractivity contribution in [2.45, 2.75) is 43.6 Å². The van der Waals surface area contributed by atoms with E-state index in [4.69, 9.17) is 11.6 Å². The Hall–Kier alpha value is -2.38. The first-order valence-corrected chi connectivity index (χ1v) is 10.3. The molecule has 1 aromatic carbocycles. The molecular formula is C20H21ClN4O2S. The van der Waals surface area contributed by atoms with Gasteiger partial charge in [0.1, 0.15) is 5.82 Å². The molecule has 8 heteroatoms.